The molecule has 0 radical (unpaired) electrons. The lowest BCUT2D eigenvalue weighted by molar-refractivity contribution is -0.428. The molecule has 26 heavy (non-hydrogen) atoms. The van der Waals surface area contributed by atoms with E-state index in [0.717, 1.165) is 26.2 Å². The van der Waals surface area contributed by atoms with E-state index in [1.54, 1.807) is 17.6 Å². The highest BCUT2D eigenvalue weighted by molar-refractivity contribution is 5.99. The number of rotatable bonds is 4. The van der Waals surface area contributed by atoms with Crippen LogP contribution in [0.25, 0.3) is 0 Å². The second kappa shape index (κ2) is 7.53. The zero-order valence-corrected chi connectivity index (χ0v) is 15.0. The zero-order chi connectivity index (χ0) is 18.7. The number of amides is 1. The highest BCUT2D eigenvalue weighted by Gasteiger charge is 2.24. The molecule has 1 heterocycles. The van der Waals surface area contributed by atoms with Gasteiger partial charge in [-0.2, -0.15) is 0 Å². The van der Waals surface area contributed by atoms with E-state index in [1.165, 1.54) is 24.4 Å². The Bertz CT molecular complexity index is 829. The fourth-order valence-electron chi connectivity index (χ4n) is 3.27. The number of hydroxylamine groups is 1. The predicted molar refractivity (Wildman–Crippen MR) is 101 cm³/mol. The van der Waals surface area contributed by atoms with Crippen molar-refractivity contribution in [2.45, 2.75) is 6.92 Å². The summed E-state index contributed by atoms with van der Waals surface area (Å²) in [6.45, 7) is 5.21. The number of nitrogens with one attached hydrogen (secondary N) is 1. The van der Waals surface area contributed by atoms with E-state index in [1.807, 2.05) is 0 Å². The van der Waals surface area contributed by atoms with E-state index in [-0.39, 0.29) is 5.56 Å². The monoisotopic (exact) mass is 355 g/mol. The summed E-state index contributed by atoms with van der Waals surface area (Å²) in [5.41, 5.74) is 5.46. The highest BCUT2D eigenvalue weighted by atomic mass is 16.5. The first-order valence-electron chi connectivity index (χ1n) is 8.55. The van der Waals surface area contributed by atoms with E-state index in [9.17, 15) is 9.70 Å². The number of hydrogen-bond acceptors (Lipinski definition) is 5. The van der Waals surface area contributed by atoms with Crippen LogP contribution >= 0.6 is 0 Å². The van der Waals surface area contributed by atoms with Crippen molar-refractivity contribution in [3.63, 3.8) is 0 Å². The molecule has 1 aliphatic heterocycles. The molecule has 3 rings (SSSR count). The maximum atomic E-state index is 12.1. The number of nitrogens with zero attached hydrogens (tertiary/aromatic N) is 3. The average molecular weight is 355 g/mol. The zero-order valence-electron chi connectivity index (χ0n) is 15.0. The third-order valence-corrected chi connectivity index (χ3v) is 4.68. The number of hydrogen-bond donors (Lipinski definition) is 2. The number of anilines is 2. The Morgan fingerprint density at radius 1 is 1.08 bits per heavy atom. The lowest BCUT2D eigenvalue weighted by Gasteiger charge is -2.38. The molecule has 0 aliphatic carbocycles. The molecule has 2 aromatic carbocycles. The normalized spacial score (nSPS) is 14.3. The second-order valence-electron chi connectivity index (χ2n) is 6.45. The van der Waals surface area contributed by atoms with Crippen LogP contribution in [0.5, 0.6) is 0 Å². The highest BCUT2D eigenvalue weighted by Crippen LogP contribution is 2.27. The number of benzene rings is 2. The van der Waals surface area contributed by atoms with Gasteiger partial charge in [-0.1, -0.05) is 12.1 Å². The summed E-state index contributed by atoms with van der Waals surface area (Å²) in [7, 11) is 1.37. The molecule has 7 nitrogen and oxygen atoms in total. The van der Waals surface area contributed by atoms with Crippen LogP contribution in [0, 0.1) is 11.8 Å². The molecule has 1 saturated heterocycles. The lowest BCUT2D eigenvalue weighted by atomic mass is 10.1. The Kier molecular flexibility index (Phi) is 5.18. The number of aryl methyl sites for hydroxylation is 1. The molecule has 2 N–H and O–H groups in total. The molecule has 0 unspecified atom stereocenters. The van der Waals surface area contributed by atoms with Gasteiger partial charge in [-0.15, -0.1) is 0 Å². The van der Waals surface area contributed by atoms with Gasteiger partial charge in [0.2, 0.25) is 0 Å². The lowest BCUT2D eigenvalue weighted by Crippen LogP contribution is -2.47. The first-order valence-corrected chi connectivity index (χ1v) is 8.55. The molecule has 0 saturated carbocycles. The quantitative estimate of drug-likeness (QED) is 0.501. The summed E-state index contributed by atoms with van der Waals surface area (Å²) in [5.74, 6) is -0.621. The first kappa shape index (κ1) is 17.9. The molecule has 2 aromatic rings. The predicted octanol–water partition coefficient (Wildman–Crippen LogP) is 2.48. The van der Waals surface area contributed by atoms with Gasteiger partial charge in [-0.05, 0) is 30.7 Å². The summed E-state index contributed by atoms with van der Waals surface area (Å²) in [6.07, 6.45) is 0. The van der Waals surface area contributed by atoms with Crippen molar-refractivity contribution >= 4 is 23.0 Å². The minimum absolute atomic E-state index is 0.289. The van der Waals surface area contributed by atoms with Crippen LogP contribution in [0.4, 0.5) is 17.1 Å². The SMILES string of the molecule is Cc1cccc(N2CCN(c3ccc([N+](C)=O)cc3C(=O)NO)CC2)c1. The number of piperazine rings is 1. The van der Waals surface area contributed by atoms with E-state index < -0.39 is 5.91 Å². The molecule has 0 bridgehead atoms. The van der Waals surface area contributed by atoms with Gasteiger partial charge in [0.25, 0.3) is 11.6 Å². The Morgan fingerprint density at radius 2 is 1.77 bits per heavy atom. The van der Waals surface area contributed by atoms with Crippen LogP contribution in [-0.4, -0.2) is 49.1 Å². The second-order valence-corrected chi connectivity index (χ2v) is 6.45. The van der Waals surface area contributed by atoms with E-state index in [4.69, 9.17) is 5.21 Å². The van der Waals surface area contributed by atoms with Crippen LogP contribution in [-0.2, 0) is 0 Å². The van der Waals surface area contributed by atoms with E-state index in [2.05, 4.69) is 41.0 Å². The van der Waals surface area contributed by atoms with Gasteiger partial charge < -0.3 is 9.80 Å². The topological polar surface area (TPSA) is 75.9 Å². The van der Waals surface area contributed by atoms with Gasteiger partial charge in [0, 0.05) is 53.7 Å². The molecule has 1 aliphatic rings. The van der Waals surface area contributed by atoms with E-state index >= 15 is 0 Å². The molecule has 1 fully saturated rings. The smallest absolute Gasteiger partial charge is 0.276 e. The molecule has 7 heteroatoms. The van der Waals surface area contributed by atoms with Gasteiger partial charge >= 0.3 is 0 Å². The Balaban J connectivity index is 1.80. The maximum Gasteiger partial charge on any atom is 0.276 e. The van der Waals surface area contributed by atoms with E-state index in [0.29, 0.717) is 16.1 Å². The Morgan fingerprint density at radius 3 is 2.38 bits per heavy atom. The van der Waals surface area contributed by atoms with Crippen molar-refractivity contribution in [2.24, 2.45) is 0 Å². The van der Waals surface area contributed by atoms with Gasteiger partial charge in [0.1, 0.15) is 0 Å². The fourth-order valence-corrected chi connectivity index (χ4v) is 3.27. The number of carbonyl (C=O) groups is 1. The minimum atomic E-state index is -0.621. The molecular weight excluding hydrogens is 332 g/mol. The van der Waals surface area contributed by atoms with Gasteiger partial charge in [0.15, 0.2) is 7.05 Å². The summed E-state index contributed by atoms with van der Waals surface area (Å²) in [4.78, 5) is 28.0. The van der Waals surface area contributed by atoms with Crippen molar-refractivity contribution in [3.8, 4) is 0 Å². The largest absolute Gasteiger partial charge is 0.368 e. The third-order valence-electron chi connectivity index (χ3n) is 4.68. The van der Waals surface area contributed by atoms with Crippen molar-refractivity contribution in [1.29, 1.82) is 0 Å². The summed E-state index contributed by atoms with van der Waals surface area (Å²) < 4.78 is 0.688. The number of carbonyl (C=O) groups excluding carboxylic acids is 1. The molecule has 0 spiro atoms. The van der Waals surface area contributed by atoms with Crippen LogP contribution in [0.2, 0.25) is 0 Å². The molecule has 0 atom stereocenters. The summed E-state index contributed by atoms with van der Waals surface area (Å²) >= 11 is 0. The maximum absolute atomic E-state index is 12.1. The van der Waals surface area contributed by atoms with Gasteiger partial charge in [-0.3, -0.25) is 10.0 Å². The van der Waals surface area contributed by atoms with Gasteiger partial charge in [-0.25, -0.2) is 5.48 Å². The molecule has 136 valence electrons. The van der Waals surface area contributed by atoms with Crippen molar-refractivity contribution in [1.82, 2.24) is 5.48 Å². The average Bonchev–Trinajstić information content (AvgIpc) is 2.67. The molecular formula is C19H23N4O3+. The Hall–Kier alpha value is -2.93. The van der Waals surface area contributed by atoms with Crippen LogP contribution in [0.3, 0.4) is 0 Å². The van der Waals surface area contributed by atoms with Gasteiger partial charge in [0.05, 0.1) is 11.3 Å². The molecule has 1 amide bonds. The van der Waals surface area contributed by atoms with Crippen molar-refractivity contribution < 1.29 is 14.8 Å². The number of nitroso groups, excluding NO2 is 1. The standard InChI is InChI=1S/C19H22N4O3/c1-14-4-3-5-16(12-14)22-8-10-23(11-9-22)18-7-6-15(21(2)26)13-17(18)19(24)20-25/h3-7,12-13H,8-11H2,1-2H3,(H-,20,24,25)/p+1. The van der Waals surface area contributed by atoms with Crippen molar-refractivity contribution in [3.05, 3.63) is 58.5 Å². The first-order chi connectivity index (χ1) is 12.5. The minimum Gasteiger partial charge on any atom is -0.368 e. The molecule has 0 aromatic heterocycles. The fraction of sp³-hybridized carbons (Fsp3) is 0.316. The van der Waals surface area contributed by atoms with Crippen LogP contribution in [0.15, 0.2) is 42.5 Å². The van der Waals surface area contributed by atoms with Crippen LogP contribution < -0.4 is 15.3 Å². The third kappa shape index (κ3) is 3.67. The van der Waals surface area contributed by atoms with Crippen molar-refractivity contribution in [2.75, 3.05) is 43.0 Å². The summed E-state index contributed by atoms with van der Waals surface area (Å²) in [5, 5.41) is 9.04. The van der Waals surface area contributed by atoms with Crippen LogP contribution in [0.1, 0.15) is 15.9 Å². The summed E-state index contributed by atoms with van der Waals surface area (Å²) in [6, 6.07) is 13.3. The Labute approximate surface area is 152 Å².